The van der Waals surface area contributed by atoms with Crippen molar-refractivity contribution in [2.75, 3.05) is 7.11 Å². The van der Waals surface area contributed by atoms with Gasteiger partial charge in [-0.3, -0.25) is 4.79 Å². The van der Waals surface area contributed by atoms with Crippen molar-refractivity contribution in [1.29, 1.82) is 0 Å². The van der Waals surface area contributed by atoms with E-state index in [-0.39, 0.29) is 5.24 Å². The number of thioether (sulfide) groups is 1. The Bertz CT molecular complexity index is 853. The molecule has 0 saturated carbocycles. The Morgan fingerprint density at radius 1 is 1.12 bits per heavy atom. The van der Waals surface area contributed by atoms with E-state index in [0.717, 1.165) is 39.2 Å². The lowest BCUT2D eigenvalue weighted by molar-refractivity contribution is 0.265. The summed E-state index contributed by atoms with van der Waals surface area (Å²) in [6, 6.07) is 17.5. The zero-order valence-corrected chi connectivity index (χ0v) is 14.8. The Morgan fingerprint density at radius 2 is 1.84 bits per heavy atom. The van der Waals surface area contributed by atoms with Crippen molar-refractivity contribution in [1.82, 2.24) is 5.32 Å². The van der Waals surface area contributed by atoms with Crippen LogP contribution in [0.1, 0.15) is 12.5 Å². The molecule has 0 unspecified atom stereocenters. The van der Waals surface area contributed by atoms with E-state index in [1.165, 1.54) is 0 Å². The van der Waals surface area contributed by atoms with Crippen molar-refractivity contribution in [2.45, 2.75) is 6.92 Å². The molecular formula is C20H18N2O2S. The standard InChI is InChI=1S/C20H18N2O2S/c1-14(12-15-6-4-3-5-7-15)13-18-19(22-20(23)25-18)21-16-8-10-17(24-2)11-9-16/h3-13H,1-2H3,(H,21,22,23)/b14-12?,18-13-. The van der Waals surface area contributed by atoms with Crippen molar-refractivity contribution in [3.8, 4) is 5.75 Å². The van der Waals surface area contributed by atoms with Gasteiger partial charge in [-0.15, -0.1) is 0 Å². The van der Waals surface area contributed by atoms with E-state index >= 15 is 0 Å². The molecule has 2 aromatic rings. The SMILES string of the molecule is COc1ccc(N=C2NC(=O)S/C2=C\C(C)=Cc2ccccc2)cc1. The lowest BCUT2D eigenvalue weighted by Gasteiger charge is -2.02. The molecule has 1 amide bonds. The highest BCUT2D eigenvalue weighted by atomic mass is 32.2. The molecular weight excluding hydrogens is 332 g/mol. The number of amidine groups is 1. The molecule has 25 heavy (non-hydrogen) atoms. The first-order chi connectivity index (χ1) is 12.1. The van der Waals surface area contributed by atoms with E-state index in [1.807, 2.05) is 67.6 Å². The molecule has 126 valence electrons. The summed E-state index contributed by atoms with van der Waals surface area (Å²) < 4.78 is 5.15. The summed E-state index contributed by atoms with van der Waals surface area (Å²) in [6.07, 6.45) is 4.04. The third kappa shape index (κ3) is 4.61. The van der Waals surface area contributed by atoms with Crippen molar-refractivity contribution in [3.63, 3.8) is 0 Å². The number of hydrogen-bond acceptors (Lipinski definition) is 4. The van der Waals surface area contributed by atoms with Crippen molar-refractivity contribution in [2.24, 2.45) is 4.99 Å². The summed E-state index contributed by atoms with van der Waals surface area (Å²) in [5, 5.41) is 2.68. The number of carbonyl (C=O) groups excluding carboxylic acids is 1. The average molecular weight is 350 g/mol. The normalized spacial score (nSPS) is 17.8. The van der Waals surface area contributed by atoms with Crippen LogP contribution in [0.4, 0.5) is 10.5 Å². The van der Waals surface area contributed by atoms with Gasteiger partial charge in [0.05, 0.1) is 17.7 Å². The summed E-state index contributed by atoms with van der Waals surface area (Å²) in [4.78, 5) is 17.1. The Balaban J connectivity index is 1.86. The molecule has 0 spiro atoms. The fourth-order valence-corrected chi connectivity index (χ4v) is 3.14. The van der Waals surface area contributed by atoms with E-state index < -0.39 is 0 Å². The van der Waals surface area contributed by atoms with Gasteiger partial charge in [0, 0.05) is 0 Å². The molecule has 0 atom stereocenters. The Morgan fingerprint density at radius 3 is 2.52 bits per heavy atom. The summed E-state index contributed by atoms with van der Waals surface area (Å²) >= 11 is 1.15. The molecule has 3 rings (SSSR count). The topological polar surface area (TPSA) is 50.7 Å². The Hall–Kier alpha value is -2.79. The van der Waals surface area contributed by atoms with Crippen LogP contribution in [0.15, 0.2) is 76.1 Å². The maximum atomic E-state index is 11.8. The summed E-state index contributed by atoms with van der Waals surface area (Å²) in [5.41, 5.74) is 2.93. The van der Waals surface area contributed by atoms with Gasteiger partial charge in [0.15, 0.2) is 0 Å². The predicted octanol–water partition coefficient (Wildman–Crippen LogP) is 5.17. The number of nitrogens with zero attached hydrogens (tertiary/aromatic N) is 1. The van der Waals surface area contributed by atoms with Crippen LogP contribution in [-0.2, 0) is 0 Å². The number of carbonyl (C=O) groups is 1. The van der Waals surface area contributed by atoms with Crippen molar-refractivity contribution < 1.29 is 9.53 Å². The largest absolute Gasteiger partial charge is 0.497 e. The van der Waals surface area contributed by atoms with Crippen LogP contribution in [0.25, 0.3) is 6.08 Å². The quantitative estimate of drug-likeness (QED) is 0.828. The molecule has 1 saturated heterocycles. The molecule has 0 bridgehead atoms. The molecule has 1 heterocycles. The molecule has 1 aliphatic heterocycles. The van der Waals surface area contributed by atoms with Gasteiger partial charge in [0.25, 0.3) is 5.24 Å². The zero-order chi connectivity index (χ0) is 17.6. The van der Waals surface area contributed by atoms with Gasteiger partial charge >= 0.3 is 0 Å². The second-order valence-electron chi connectivity index (χ2n) is 5.48. The first kappa shape index (κ1) is 17.0. The lowest BCUT2D eigenvalue weighted by atomic mass is 10.1. The van der Waals surface area contributed by atoms with Crippen LogP contribution in [0, 0.1) is 0 Å². The van der Waals surface area contributed by atoms with E-state index in [1.54, 1.807) is 7.11 Å². The van der Waals surface area contributed by atoms with Gasteiger partial charge in [0.1, 0.15) is 11.6 Å². The van der Waals surface area contributed by atoms with Crippen molar-refractivity contribution >= 4 is 34.6 Å². The fraction of sp³-hybridized carbons (Fsp3) is 0.100. The monoisotopic (exact) mass is 350 g/mol. The van der Waals surface area contributed by atoms with E-state index in [2.05, 4.69) is 16.4 Å². The van der Waals surface area contributed by atoms with Crippen LogP contribution in [0.2, 0.25) is 0 Å². The molecule has 0 aromatic heterocycles. The van der Waals surface area contributed by atoms with Gasteiger partial charge in [-0.2, -0.15) is 0 Å². The van der Waals surface area contributed by atoms with Crippen LogP contribution < -0.4 is 10.1 Å². The zero-order valence-electron chi connectivity index (χ0n) is 14.0. The second-order valence-corrected chi connectivity index (χ2v) is 6.50. The number of aliphatic imine (C=N–C) groups is 1. The Kier molecular flexibility index (Phi) is 5.36. The Labute approximate surface area is 151 Å². The number of rotatable bonds is 4. The summed E-state index contributed by atoms with van der Waals surface area (Å²) in [5.74, 6) is 1.34. The highest BCUT2D eigenvalue weighted by molar-refractivity contribution is 8.18. The predicted molar refractivity (Wildman–Crippen MR) is 104 cm³/mol. The van der Waals surface area contributed by atoms with Crippen LogP contribution >= 0.6 is 11.8 Å². The molecule has 0 aliphatic carbocycles. The van der Waals surface area contributed by atoms with Crippen LogP contribution in [-0.4, -0.2) is 18.2 Å². The third-order valence-electron chi connectivity index (χ3n) is 3.52. The molecule has 1 aliphatic rings. The van der Waals surface area contributed by atoms with Gasteiger partial charge in [-0.25, -0.2) is 4.99 Å². The molecule has 4 nitrogen and oxygen atoms in total. The highest BCUT2D eigenvalue weighted by Gasteiger charge is 2.23. The van der Waals surface area contributed by atoms with Crippen LogP contribution in [0.5, 0.6) is 5.75 Å². The maximum absolute atomic E-state index is 11.8. The highest BCUT2D eigenvalue weighted by Crippen LogP contribution is 2.28. The number of hydrogen-bond donors (Lipinski definition) is 1. The number of allylic oxidation sites excluding steroid dienone is 2. The smallest absolute Gasteiger partial charge is 0.289 e. The van der Waals surface area contributed by atoms with Crippen molar-refractivity contribution in [3.05, 3.63) is 76.7 Å². The minimum absolute atomic E-state index is 0.119. The molecule has 1 N–H and O–H groups in total. The lowest BCUT2D eigenvalue weighted by Crippen LogP contribution is -2.18. The number of methoxy groups -OCH3 is 1. The maximum Gasteiger partial charge on any atom is 0.289 e. The minimum Gasteiger partial charge on any atom is -0.497 e. The molecule has 0 radical (unpaired) electrons. The number of ether oxygens (including phenoxy) is 1. The fourth-order valence-electron chi connectivity index (χ4n) is 2.36. The number of benzene rings is 2. The third-order valence-corrected chi connectivity index (χ3v) is 4.34. The van der Waals surface area contributed by atoms with Gasteiger partial charge in [-0.1, -0.05) is 36.4 Å². The van der Waals surface area contributed by atoms with Gasteiger partial charge < -0.3 is 10.1 Å². The van der Waals surface area contributed by atoms with E-state index in [4.69, 9.17) is 4.74 Å². The summed E-state index contributed by atoms with van der Waals surface area (Å²) in [7, 11) is 1.62. The van der Waals surface area contributed by atoms with Crippen LogP contribution in [0.3, 0.4) is 0 Å². The molecule has 5 heteroatoms. The van der Waals surface area contributed by atoms with Gasteiger partial charge in [-0.05, 0) is 60.2 Å². The first-order valence-corrected chi connectivity index (χ1v) is 8.63. The van der Waals surface area contributed by atoms with E-state index in [0.29, 0.717) is 5.84 Å². The average Bonchev–Trinajstić information content (AvgIpc) is 2.95. The molecule has 2 aromatic carbocycles. The van der Waals surface area contributed by atoms with E-state index in [9.17, 15) is 4.79 Å². The van der Waals surface area contributed by atoms with Gasteiger partial charge in [0.2, 0.25) is 0 Å². The molecule has 1 fully saturated rings. The minimum atomic E-state index is -0.119. The second kappa shape index (κ2) is 7.85. The number of nitrogens with one attached hydrogen (secondary N) is 1. The number of amides is 1. The summed E-state index contributed by atoms with van der Waals surface area (Å²) in [6.45, 7) is 2.01. The first-order valence-electron chi connectivity index (χ1n) is 7.81.